The van der Waals surface area contributed by atoms with Gasteiger partial charge in [0.2, 0.25) is 5.91 Å². The molecule has 1 aromatic carbocycles. The smallest absolute Gasteiger partial charge is 0.254 e. The van der Waals surface area contributed by atoms with E-state index in [-0.39, 0.29) is 30.5 Å². The number of benzene rings is 1. The Morgan fingerprint density at radius 3 is 2.50 bits per heavy atom. The second-order valence-corrected chi connectivity index (χ2v) is 8.74. The lowest BCUT2D eigenvalue weighted by atomic mass is 9.98. The molecule has 1 heterocycles. The molecule has 2 rings (SSSR count). The highest BCUT2D eigenvalue weighted by atomic mass is 16.5. The molecule has 30 heavy (non-hydrogen) atoms. The van der Waals surface area contributed by atoms with Crippen molar-refractivity contribution >= 4 is 5.91 Å². The van der Waals surface area contributed by atoms with Crippen LogP contribution < -0.4 is 5.56 Å². The fourth-order valence-corrected chi connectivity index (χ4v) is 3.51. The number of carbonyl (C=O) groups excluding carboxylic acids is 1. The second-order valence-electron chi connectivity index (χ2n) is 8.74. The number of hydrogen-bond acceptors (Lipinski definition) is 4. The van der Waals surface area contributed by atoms with E-state index in [0.717, 1.165) is 16.7 Å². The maximum Gasteiger partial charge on any atom is 0.254 e. The third kappa shape index (κ3) is 6.26. The molecule has 0 spiro atoms. The second kappa shape index (κ2) is 10.5. The molecule has 2 aromatic rings. The number of H-pyrrole nitrogens is 1. The van der Waals surface area contributed by atoms with E-state index in [9.17, 15) is 9.59 Å². The summed E-state index contributed by atoms with van der Waals surface area (Å²) < 4.78 is 5.33. The van der Waals surface area contributed by atoms with Crippen LogP contribution in [0.5, 0.6) is 0 Å². The number of aromatic amines is 1. The molecule has 6 heteroatoms. The highest BCUT2D eigenvalue weighted by molar-refractivity contribution is 5.78. The van der Waals surface area contributed by atoms with E-state index >= 15 is 0 Å². The summed E-state index contributed by atoms with van der Waals surface area (Å²) in [5.41, 5.74) is 4.45. The molecule has 0 atom stereocenters. The Hall–Kier alpha value is -2.47. The summed E-state index contributed by atoms with van der Waals surface area (Å²) in [5.74, 6) is 0.754. The van der Waals surface area contributed by atoms with E-state index in [0.29, 0.717) is 36.0 Å². The quantitative estimate of drug-likeness (QED) is 0.679. The van der Waals surface area contributed by atoms with Gasteiger partial charge in [0.1, 0.15) is 5.82 Å². The van der Waals surface area contributed by atoms with E-state index in [4.69, 9.17) is 4.74 Å². The first kappa shape index (κ1) is 23.8. The molecular weight excluding hydrogens is 378 g/mol. The van der Waals surface area contributed by atoms with Crippen LogP contribution >= 0.6 is 0 Å². The summed E-state index contributed by atoms with van der Waals surface area (Å²) in [6.45, 7) is 13.1. The molecule has 1 amide bonds. The highest BCUT2D eigenvalue weighted by Crippen LogP contribution is 2.17. The Morgan fingerprint density at radius 2 is 1.90 bits per heavy atom. The normalized spacial score (nSPS) is 11.4. The fraction of sp³-hybridized carbons (Fsp3) is 0.542. The van der Waals surface area contributed by atoms with Gasteiger partial charge in [-0.15, -0.1) is 0 Å². The molecule has 0 aliphatic carbocycles. The monoisotopic (exact) mass is 413 g/mol. The molecule has 0 aliphatic heterocycles. The Bertz CT molecular complexity index is 932. The van der Waals surface area contributed by atoms with Gasteiger partial charge < -0.3 is 14.6 Å². The van der Waals surface area contributed by atoms with Crippen LogP contribution in [0.1, 0.15) is 61.5 Å². The number of methoxy groups -OCH3 is 1. The zero-order valence-corrected chi connectivity index (χ0v) is 19.3. The molecule has 0 radical (unpaired) electrons. The summed E-state index contributed by atoms with van der Waals surface area (Å²) in [6.07, 6.45) is 0.495. The van der Waals surface area contributed by atoms with Gasteiger partial charge in [-0.3, -0.25) is 9.59 Å². The lowest BCUT2D eigenvalue weighted by Gasteiger charge is -2.26. The number of ether oxygens (including phenoxy) is 1. The van der Waals surface area contributed by atoms with Crippen LogP contribution in [0.15, 0.2) is 23.0 Å². The van der Waals surface area contributed by atoms with Crippen LogP contribution in [0.25, 0.3) is 0 Å². The first-order valence-electron chi connectivity index (χ1n) is 10.6. The van der Waals surface area contributed by atoms with Gasteiger partial charge in [0, 0.05) is 31.6 Å². The predicted molar refractivity (Wildman–Crippen MR) is 119 cm³/mol. The van der Waals surface area contributed by atoms with Crippen LogP contribution in [0.3, 0.4) is 0 Å². The van der Waals surface area contributed by atoms with E-state index < -0.39 is 0 Å². The number of nitrogens with one attached hydrogen (secondary N) is 1. The molecule has 0 fully saturated rings. The summed E-state index contributed by atoms with van der Waals surface area (Å²) in [6, 6.07) is 6.23. The highest BCUT2D eigenvalue weighted by Gasteiger charge is 2.21. The topological polar surface area (TPSA) is 75.3 Å². The lowest BCUT2D eigenvalue weighted by Crippen LogP contribution is -2.37. The number of aryl methyl sites for hydroxylation is 2. The van der Waals surface area contributed by atoms with Gasteiger partial charge in [-0.2, -0.15) is 0 Å². The minimum atomic E-state index is -0.172. The molecule has 0 unspecified atom stereocenters. The zero-order valence-electron chi connectivity index (χ0n) is 19.3. The molecule has 0 saturated heterocycles. The van der Waals surface area contributed by atoms with Gasteiger partial charge in [-0.1, -0.05) is 51.5 Å². The van der Waals surface area contributed by atoms with Crippen molar-refractivity contribution in [2.24, 2.45) is 11.8 Å². The predicted octanol–water partition coefficient (Wildman–Crippen LogP) is 3.76. The van der Waals surface area contributed by atoms with Crippen molar-refractivity contribution in [2.75, 3.05) is 13.7 Å². The van der Waals surface area contributed by atoms with Gasteiger partial charge in [0.25, 0.3) is 5.56 Å². The van der Waals surface area contributed by atoms with E-state index in [1.165, 1.54) is 0 Å². The van der Waals surface area contributed by atoms with Crippen molar-refractivity contribution in [1.29, 1.82) is 0 Å². The SMILES string of the molecule is COCc1nc(CN(CC(C)C)C(=O)C(C)C)[nH]c(=O)c1Cc1cc(C)ccc1C. The maximum atomic E-state index is 13.0. The Kier molecular flexibility index (Phi) is 8.35. The van der Waals surface area contributed by atoms with Gasteiger partial charge >= 0.3 is 0 Å². The standard InChI is InChI=1S/C24H35N3O3/c1-15(2)12-27(24(29)16(3)4)13-22-25-21(14-30-7)20(23(28)26-22)11-19-10-17(5)8-9-18(19)6/h8-10,15-16H,11-14H2,1-7H3,(H,25,26,28). The van der Waals surface area contributed by atoms with Crippen LogP contribution in [0, 0.1) is 25.7 Å². The number of rotatable bonds is 9. The first-order valence-corrected chi connectivity index (χ1v) is 10.6. The lowest BCUT2D eigenvalue weighted by molar-refractivity contribution is -0.135. The summed E-state index contributed by atoms with van der Waals surface area (Å²) in [7, 11) is 1.59. The van der Waals surface area contributed by atoms with E-state index in [2.05, 4.69) is 42.0 Å². The third-order valence-electron chi connectivity index (χ3n) is 5.03. The van der Waals surface area contributed by atoms with E-state index in [1.807, 2.05) is 27.7 Å². The van der Waals surface area contributed by atoms with Crippen molar-refractivity contribution in [3.05, 3.63) is 62.3 Å². The van der Waals surface area contributed by atoms with Crippen molar-refractivity contribution in [3.63, 3.8) is 0 Å². The Morgan fingerprint density at radius 1 is 1.20 bits per heavy atom. The van der Waals surface area contributed by atoms with E-state index in [1.54, 1.807) is 12.0 Å². The van der Waals surface area contributed by atoms with Gasteiger partial charge in [-0.05, 0) is 30.9 Å². The molecule has 164 valence electrons. The first-order chi connectivity index (χ1) is 14.1. The zero-order chi connectivity index (χ0) is 22.4. The van der Waals surface area contributed by atoms with Gasteiger partial charge in [-0.25, -0.2) is 4.98 Å². The number of carbonyl (C=O) groups is 1. The third-order valence-corrected chi connectivity index (χ3v) is 5.03. The number of amides is 1. The molecule has 1 N–H and O–H groups in total. The average Bonchev–Trinajstić information content (AvgIpc) is 2.65. The Labute approximate surface area is 179 Å². The number of nitrogens with zero attached hydrogens (tertiary/aromatic N) is 2. The summed E-state index contributed by atoms with van der Waals surface area (Å²) in [5, 5.41) is 0. The van der Waals surface area contributed by atoms with Crippen LogP contribution in [0.4, 0.5) is 0 Å². The average molecular weight is 414 g/mol. The Balaban J connectivity index is 2.40. The molecule has 0 aliphatic rings. The summed E-state index contributed by atoms with van der Waals surface area (Å²) in [4.78, 5) is 35.0. The van der Waals surface area contributed by atoms with Crippen molar-refractivity contribution in [1.82, 2.24) is 14.9 Å². The van der Waals surface area contributed by atoms with Crippen molar-refractivity contribution in [3.8, 4) is 0 Å². The summed E-state index contributed by atoms with van der Waals surface area (Å²) >= 11 is 0. The van der Waals surface area contributed by atoms with Crippen LogP contribution in [0.2, 0.25) is 0 Å². The van der Waals surface area contributed by atoms with Crippen LogP contribution in [-0.2, 0) is 29.1 Å². The van der Waals surface area contributed by atoms with Gasteiger partial charge in [0.05, 0.1) is 18.8 Å². The van der Waals surface area contributed by atoms with Crippen molar-refractivity contribution in [2.45, 2.75) is 61.1 Å². The van der Waals surface area contributed by atoms with Crippen LogP contribution in [-0.4, -0.2) is 34.4 Å². The molecular formula is C24H35N3O3. The fourth-order valence-electron chi connectivity index (χ4n) is 3.51. The minimum Gasteiger partial charge on any atom is -0.378 e. The largest absolute Gasteiger partial charge is 0.378 e. The number of hydrogen-bond donors (Lipinski definition) is 1. The number of aromatic nitrogens is 2. The van der Waals surface area contributed by atoms with Gasteiger partial charge in [0.15, 0.2) is 0 Å². The molecule has 0 bridgehead atoms. The minimum absolute atomic E-state index is 0.0547. The maximum absolute atomic E-state index is 13.0. The molecule has 1 aromatic heterocycles. The molecule has 0 saturated carbocycles. The molecule has 6 nitrogen and oxygen atoms in total. The van der Waals surface area contributed by atoms with Crippen molar-refractivity contribution < 1.29 is 9.53 Å².